The second kappa shape index (κ2) is 4.10. The molecule has 5 nitrogen and oxygen atoms in total. The van der Waals surface area contributed by atoms with Crippen molar-refractivity contribution in [1.82, 2.24) is 4.98 Å². The highest BCUT2D eigenvalue weighted by Gasteiger charge is 2.28. The zero-order valence-electron chi connectivity index (χ0n) is 9.59. The minimum atomic E-state index is -2.88. The molecule has 96 valence electrons. The van der Waals surface area contributed by atoms with E-state index in [2.05, 4.69) is 10.3 Å². The molecular weight excluding hydrogens is 270 g/mol. The number of hydrogen-bond donors (Lipinski definition) is 2. The van der Waals surface area contributed by atoms with E-state index in [1.54, 1.807) is 5.51 Å². The highest BCUT2D eigenvalue weighted by Crippen LogP contribution is 2.31. The Morgan fingerprint density at radius 2 is 2.28 bits per heavy atom. The largest absolute Gasteiger partial charge is 0.395 e. The van der Waals surface area contributed by atoms with Crippen molar-refractivity contribution in [2.24, 2.45) is 0 Å². The summed E-state index contributed by atoms with van der Waals surface area (Å²) in [5.41, 5.74) is 9.95. The Kier molecular flexibility index (Phi) is 2.67. The molecule has 18 heavy (non-hydrogen) atoms. The SMILES string of the molecule is Nc1c(NC2CCS(=O)(=O)C2)ccc2scnc12. The Bertz CT molecular complexity index is 693. The first kappa shape index (κ1) is 11.7. The molecule has 3 rings (SSSR count). The molecule has 1 aliphatic heterocycles. The average molecular weight is 283 g/mol. The topological polar surface area (TPSA) is 85.1 Å². The van der Waals surface area contributed by atoms with Crippen molar-refractivity contribution in [3.63, 3.8) is 0 Å². The van der Waals surface area contributed by atoms with Crippen LogP contribution in [-0.2, 0) is 9.84 Å². The van der Waals surface area contributed by atoms with Crippen LogP contribution in [0, 0.1) is 0 Å². The van der Waals surface area contributed by atoms with Crippen LogP contribution in [-0.4, -0.2) is 30.9 Å². The number of thiazole rings is 1. The van der Waals surface area contributed by atoms with Gasteiger partial charge in [-0.25, -0.2) is 13.4 Å². The van der Waals surface area contributed by atoms with Crippen LogP contribution in [0.2, 0.25) is 0 Å². The zero-order chi connectivity index (χ0) is 12.8. The second-order valence-electron chi connectivity index (χ2n) is 4.47. The van der Waals surface area contributed by atoms with E-state index >= 15 is 0 Å². The first-order valence-corrected chi connectivity index (χ1v) is 8.34. The predicted molar refractivity (Wildman–Crippen MR) is 74.7 cm³/mol. The van der Waals surface area contributed by atoms with Gasteiger partial charge in [-0.1, -0.05) is 0 Å². The van der Waals surface area contributed by atoms with Gasteiger partial charge in [-0.2, -0.15) is 0 Å². The van der Waals surface area contributed by atoms with Gasteiger partial charge < -0.3 is 11.1 Å². The highest BCUT2D eigenvalue weighted by molar-refractivity contribution is 7.91. The molecule has 0 bridgehead atoms. The van der Waals surface area contributed by atoms with E-state index in [0.717, 1.165) is 15.9 Å². The summed E-state index contributed by atoms with van der Waals surface area (Å²) in [5, 5.41) is 3.21. The lowest BCUT2D eigenvalue weighted by Gasteiger charge is -2.14. The normalized spacial score (nSPS) is 22.3. The fraction of sp³-hybridized carbons (Fsp3) is 0.364. The maximum Gasteiger partial charge on any atom is 0.152 e. The van der Waals surface area contributed by atoms with Gasteiger partial charge in [-0.15, -0.1) is 11.3 Å². The van der Waals surface area contributed by atoms with Crippen LogP contribution in [0.1, 0.15) is 6.42 Å². The average Bonchev–Trinajstić information content (AvgIpc) is 2.89. The molecule has 1 aromatic heterocycles. The van der Waals surface area contributed by atoms with Gasteiger partial charge in [-0.3, -0.25) is 0 Å². The van der Waals surface area contributed by atoms with Crippen LogP contribution in [0.4, 0.5) is 11.4 Å². The molecule has 1 unspecified atom stereocenters. The predicted octanol–water partition coefficient (Wildman–Crippen LogP) is 1.48. The summed E-state index contributed by atoms with van der Waals surface area (Å²) >= 11 is 1.54. The number of nitrogens with one attached hydrogen (secondary N) is 1. The van der Waals surface area contributed by atoms with Crippen molar-refractivity contribution in [3.8, 4) is 0 Å². The van der Waals surface area contributed by atoms with Crippen molar-refractivity contribution in [3.05, 3.63) is 17.6 Å². The number of nitrogen functional groups attached to an aromatic ring is 1. The van der Waals surface area contributed by atoms with E-state index in [0.29, 0.717) is 12.1 Å². The first-order valence-electron chi connectivity index (χ1n) is 5.64. The van der Waals surface area contributed by atoms with Gasteiger partial charge in [0.25, 0.3) is 0 Å². The number of sulfone groups is 1. The van der Waals surface area contributed by atoms with Crippen molar-refractivity contribution in [1.29, 1.82) is 0 Å². The fourth-order valence-corrected chi connectivity index (χ4v) is 4.57. The molecule has 1 aromatic carbocycles. The van der Waals surface area contributed by atoms with Gasteiger partial charge >= 0.3 is 0 Å². The van der Waals surface area contributed by atoms with Crippen LogP contribution < -0.4 is 11.1 Å². The van der Waals surface area contributed by atoms with Gasteiger partial charge in [0.1, 0.15) is 5.52 Å². The Morgan fingerprint density at radius 3 is 3.00 bits per heavy atom. The first-order chi connectivity index (χ1) is 8.55. The maximum atomic E-state index is 11.4. The van der Waals surface area contributed by atoms with Gasteiger partial charge in [-0.05, 0) is 18.6 Å². The number of anilines is 2. The standard InChI is InChI=1S/C11H13N3O2S2/c12-10-8(1-2-9-11(10)13-6-17-9)14-7-3-4-18(15,16)5-7/h1-2,6-7,14H,3-5,12H2. The molecule has 0 saturated carbocycles. The van der Waals surface area contributed by atoms with Gasteiger partial charge in [0, 0.05) is 6.04 Å². The molecule has 2 aromatic rings. The number of rotatable bonds is 2. The molecule has 1 fully saturated rings. The Balaban J connectivity index is 1.89. The fourth-order valence-electron chi connectivity index (χ4n) is 2.21. The summed E-state index contributed by atoms with van der Waals surface area (Å²) in [7, 11) is -2.88. The molecular formula is C11H13N3O2S2. The molecule has 0 radical (unpaired) electrons. The van der Waals surface area contributed by atoms with E-state index < -0.39 is 9.84 Å². The summed E-state index contributed by atoms with van der Waals surface area (Å²) in [6, 6.07) is 3.80. The van der Waals surface area contributed by atoms with Gasteiger partial charge in [0.2, 0.25) is 0 Å². The summed E-state index contributed by atoms with van der Waals surface area (Å²) in [6.45, 7) is 0. The van der Waals surface area contributed by atoms with Crippen LogP contribution in [0.3, 0.4) is 0 Å². The van der Waals surface area contributed by atoms with E-state index in [-0.39, 0.29) is 17.5 Å². The Hall–Kier alpha value is -1.34. The van der Waals surface area contributed by atoms with Crippen molar-refractivity contribution in [2.45, 2.75) is 12.5 Å². The molecule has 1 saturated heterocycles. The van der Waals surface area contributed by atoms with Crippen LogP contribution in [0.25, 0.3) is 10.2 Å². The number of aromatic nitrogens is 1. The van der Waals surface area contributed by atoms with Crippen LogP contribution in [0.5, 0.6) is 0 Å². The molecule has 7 heteroatoms. The lowest BCUT2D eigenvalue weighted by Crippen LogP contribution is -2.21. The zero-order valence-corrected chi connectivity index (χ0v) is 11.2. The minimum absolute atomic E-state index is 0.0478. The van der Waals surface area contributed by atoms with E-state index in [9.17, 15) is 8.42 Å². The lowest BCUT2D eigenvalue weighted by molar-refractivity contribution is 0.602. The third-order valence-electron chi connectivity index (χ3n) is 3.13. The summed E-state index contributed by atoms with van der Waals surface area (Å²) in [4.78, 5) is 4.22. The monoisotopic (exact) mass is 283 g/mol. The number of hydrogen-bond acceptors (Lipinski definition) is 6. The molecule has 3 N–H and O–H groups in total. The Labute approximate surface area is 109 Å². The lowest BCUT2D eigenvalue weighted by atomic mass is 10.2. The van der Waals surface area contributed by atoms with Crippen LogP contribution in [0.15, 0.2) is 17.6 Å². The van der Waals surface area contributed by atoms with E-state index in [1.807, 2.05) is 12.1 Å². The maximum absolute atomic E-state index is 11.4. The van der Waals surface area contributed by atoms with Gasteiger partial charge in [0.05, 0.1) is 33.1 Å². The van der Waals surface area contributed by atoms with Crippen molar-refractivity contribution < 1.29 is 8.42 Å². The van der Waals surface area contributed by atoms with E-state index in [4.69, 9.17) is 5.73 Å². The smallest absolute Gasteiger partial charge is 0.152 e. The minimum Gasteiger partial charge on any atom is -0.395 e. The number of nitrogens with two attached hydrogens (primary N) is 1. The summed E-state index contributed by atoms with van der Waals surface area (Å²) in [6.07, 6.45) is 0.636. The third-order valence-corrected chi connectivity index (χ3v) is 5.70. The molecule has 1 aliphatic rings. The van der Waals surface area contributed by atoms with Crippen molar-refractivity contribution >= 4 is 42.8 Å². The highest BCUT2D eigenvalue weighted by atomic mass is 32.2. The molecule has 1 atom stereocenters. The quantitative estimate of drug-likeness (QED) is 0.815. The molecule has 0 amide bonds. The number of benzene rings is 1. The molecule has 0 aliphatic carbocycles. The molecule has 0 spiro atoms. The van der Waals surface area contributed by atoms with E-state index in [1.165, 1.54) is 11.3 Å². The van der Waals surface area contributed by atoms with Crippen LogP contribution >= 0.6 is 11.3 Å². The van der Waals surface area contributed by atoms with Gasteiger partial charge in [0.15, 0.2) is 9.84 Å². The number of nitrogens with zero attached hydrogens (tertiary/aromatic N) is 1. The third kappa shape index (κ3) is 2.04. The molecule has 2 heterocycles. The Morgan fingerprint density at radius 1 is 1.44 bits per heavy atom. The second-order valence-corrected chi connectivity index (χ2v) is 7.59. The summed E-state index contributed by atoms with van der Waals surface area (Å²) < 4.78 is 23.8. The summed E-state index contributed by atoms with van der Waals surface area (Å²) in [5.74, 6) is 0.436. The van der Waals surface area contributed by atoms with Crippen molar-refractivity contribution in [2.75, 3.05) is 22.6 Å². The number of fused-ring (bicyclic) bond motifs is 1.